The first-order valence-electron chi connectivity index (χ1n) is 21.1. The Morgan fingerprint density at radius 2 is 1.77 bits per heavy atom. The van der Waals surface area contributed by atoms with E-state index in [1.807, 2.05) is 18.2 Å². The number of imide groups is 1. The number of likely N-dealkylation sites (tertiary alicyclic amines) is 1. The first-order valence-corrected chi connectivity index (χ1v) is 21.1. The third-order valence-electron chi connectivity index (χ3n) is 12.2. The van der Waals surface area contributed by atoms with Crippen molar-refractivity contribution in [3.63, 3.8) is 0 Å². The highest BCUT2D eigenvalue weighted by Gasteiger charge is 2.32. The van der Waals surface area contributed by atoms with Crippen LogP contribution in [0.5, 0.6) is 5.75 Å². The summed E-state index contributed by atoms with van der Waals surface area (Å²) in [6, 6.07) is 11.9. The summed E-state index contributed by atoms with van der Waals surface area (Å²) in [5.41, 5.74) is 2.99. The van der Waals surface area contributed by atoms with Crippen LogP contribution in [0.3, 0.4) is 0 Å². The smallest absolute Gasteiger partial charge is 0.329 e. The molecular weight excluding hydrogens is 765 g/mol. The van der Waals surface area contributed by atoms with Crippen LogP contribution >= 0.6 is 0 Å². The van der Waals surface area contributed by atoms with Gasteiger partial charge in [0.05, 0.1) is 47.1 Å². The molecule has 60 heavy (non-hydrogen) atoms. The highest BCUT2D eigenvalue weighted by Crippen LogP contribution is 2.34. The summed E-state index contributed by atoms with van der Waals surface area (Å²) < 4.78 is 16.1. The first-order chi connectivity index (χ1) is 29.2. The summed E-state index contributed by atoms with van der Waals surface area (Å²) in [7, 11) is 3.19. The molecule has 0 bridgehead atoms. The predicted octanol–water partition coefficient (Wildman–Crippen LogP) is 5.05. The minimum atomic E-state index is -0.700. The lowest BCUT2D eigenvalue weighted by atomic mass is 9.88. The van der Waals surface area contributed by atoms with Crippen LogP contribution in [-0.2, 0) is 21.4 Å². The molecule has 2 aromatic carbocycles. The number of imidazole rings is 1. The Labute approximate surface area is 347 Å². The topological polar surface area (TPSA) is 175 Å². The lowest BCUT2D eigenvalue weighted by Crippen LogP contribution is -2.44. The predicted molar refractivity (Wildman–Crippen MR) is 227 cm³/mol. The molecule has 1 atom stereocenters. The Morgan fingerprint density at radius 1 is 0.967 bits per heavy atom. The molecule has 5 heterocycles. The van der Waals surface area contributed by atoms with E-state index in [4.69, 9.17) is 9.47 Å². The maximum atomic E-state index is 13.0. The summed E-state index contributed by atoms with van der Waals surface area (Å²) in [4.78, 5) is 64.7. The number of carbonyl (C=O) groups excluding carboxylic acids is 3. The van der Waals surface area contributed by atoms with Crippen LogP contribution in [-0.4, -0.2) is 86.0 Å². The number of amides is 3. The van der Waals surface area contributed by atoms with E-state index in [-0.39, 0.29) is 47.3 Å². The number of benzene rings is 2. The van der Waals surface area contributed by atoms with E-state index >= 15 is 0 Å². The monoisotopic (exact) mass is 816 g/mol. The number of pyridine rings is 1. The average Bonchev–Trinajstić information content (AvgIpc) is 3.94. The average molecular weight is 817 g/mol. The molecule has 0 spiro atoms. The van der Waals surface area contributed by atoms with Gasteiger partial charge in [0.1, 0.15) is 24.1 Å². The molecule has 3 amide bonds. The van der Waals surface area contributed by atoms with Crippen molar-refractivity contribution in [1.82, 2.24) is 34.1 Å². The SMILES string of the molecule is COc1cc2[nH]ncc2cc1C(=O)Nc1cccn(C2CC2)c1=O.Cn1c(=O)n(C2CCC(=O)NC2=O)c2cccc(C#CCOC3CCN(CC4CCCCC4)CC3)c21. The minimum Gasteiger partial charge on any atom is -0.496 e. The molecule has 4 fully saturated rings. The van der Waals surface area contributed by atoms with E-state index in [1.54, 1.807) is 48.3 Å². The van der Waals surface area contributed by atoms with Gasteiger partial charge in [0.25, 0.3) is 11.5 Å². The molecule has 314 valence electrons. The lowest BCUT2D eigenvalue weighted by Gasteiger charge is -2.35. The van der Waals surface area contributed by atoms with Crippen LogP contribution in [0.4, 0.5) is 5.69 Å². The van der Waals surface area contributed by atoms with Gasteiger partial charge in [0.15, 0.2) is 0 Å². The molecule has 15 heteroatoms. The maximum Gasteiger partial charge on any atom is 0.329 e. The lowest BCUT2D eigenvalue weighted by molar-refractivity contribution is -0.135. The Kier molecular flexibility index (Phi) is 12.3. The number of para-hydroxylation sites is 1. The van der Waals surface area contributed by atoms with Crippen LogP contribution in [0.2, 0.25) is 0 Å². The zero-order valence-corrected chi connectivity index (χ0v) is 34.2. The number of H-pyrrole nitrogens is 1. The standard InChI is InChI=1S/C28H36N4O4.C17H16N4O3/c1-30-26-21(9-5-11-23(26)32(28(30)35)24-12-13-25(33)29-27(24)34)10-6-18-36-22-14-16-31(17-15-22)19-20-7-3-2-4-8-20;1-24-15-8-14-10(9-18-20-14)7-12(15)16(22)19-13-3-2-6-21(17(13)23)11-4-5-11/h5,9,11,20,22,24H,2-4,7-8,12-19H2,1H3,(H,29,33,34);2-3,6-9,11H,4-5H2,1H3,(H,18,20)(H,19,22). The summed E-state index contributed by atoms with van der Waals surface area (Å²) in [6.45, 7) is 3.80. The van der Waals surface area contributed by atoms with Crippen LogP contribution in [0.15, 0.2) is 64.4 Å². The first kappa shape index (κ1) is 40.8. The molecule has 2 saturated heterocycles. The van der Waals surface area contributed by atoms with E-state index in [0.29, 0.717) is 35.4 Å². The van der Waals surface area contributed by atoms with Gasteiger partial charge in [-0.25, -0.2) is 4.79 Å². The van der Waals surface area contributed by atoms with E-state index in [0.717, 1.165) is 61.2 Å². The van der Waals surface area contributed by atoms with Crippen LogP contribution < -0.4 is 26.6 Å². The number of nitrogens with one attached hydrogen (secondary N) is 3. The van der Waals surface area contributed by atoms with Crippen molar-refractivity contribution in [3.8, 4) is 17.6 Å². The number of fused-ring (bicyclic) bond motifs is 2. The number of methoxy groups -OCH3 is 1. The number of hydrogen-bond acceptors (Lipinski definition) is 9. The molecular formula is C45H52N8O7. The van der Waals surface area contributed by atoms with Crippen molar-refractivity contribution >= 4 is 45.3 Å². The van der Waals surface area contributed by atoms with Gasteiger partial charge in [-0.15, -0.1) is 0 Å². The van der Waals surface area contributed by atoms with E-state index in [1.165, 1.54) is 54.9 Å². The molecule has 15 nitrogen and oxygen atoms in total. The Morgan fingerprint density at radius 3 is 2.52 bits per heavy atom. The fraction of sp³-hybridized carbons (Fsp3) is 0.467. The quantitative estimate of drug-likeness (QED) is 0.136. The molecule has 1 unspecified atom stereocenters. The van der Waals surface area contributed by atoms with Crippen LogP contribution in [0.25, 0.3) is 21.9 Å². The molecule has 0 radical (unpaired) electrons. The molecule has 2 aliphatic heterocycles. The molecule has 5 aromatic rings. The molecule has 3 N–H and O–H groups in total. The fourth-order valence-corrected chi connectivity index (χ4v) is 8.81. The van der Waals surface area contributed by atoms with Crippen molar-refractivity contribution < 1.29 is 23.9 Å². The molecule has 2 saturated carbocycles. The number of rotatable bonds is 9. The highest BCUT2D eigenvalue weighted by molar-refractivity contribution is 6.08. The van der Waals surface area contributed by atoms with Crippen molar-refractivity contribution in [2.24, 2.45) is 13.0 Å². The number of aryl methyl sites for hydroxylation is 1. The van der Waals surface area contributed by atoms with Crippen molar-refractivity contribution in [3.05, 3.63) is 86.8 Å². The number of ether oxygens (including phenoxy) is 2. The van der Waals surface area contributed by atoms with Crippen LogP contribution in [0, 0.1) is 17.8 Å². The number of piperidine rings is 2. The van der Waals surface area contributed by atoms with Gasteiger partial charge >= 0.3 is 5.69 Å². The van der Waals surface area contributed by atoms with Gasteiger partial charge in [0, 0.05) is 56.8 Å². The second-order valence-corrected chi connectivity index (χ2v) is 16.3. The second-order valence-electron chi connectivity index (χ2n) is 16.3. The summed E-state index contributed by atoms with van der Waals surface area (Å²) >= 11 is 0. The van der Waals surface area contributed by atoms with Gasteiger partial charge in [-0.05, 0) is 81.2 Å². The number of aromatic amines is 1. The Hall–Kier alpha value is -5.98. The van der Waals surface area contributed by atoms with E-state index in [9.17, 15) is 24.0 Å². The Balaban J connectivity index is 0.000000180. The molecule has 4 aliphatic rings. The molecule has 2 aliphatic carbocycles. The third kappa shape index (κ3) is 8.95. The van der Waals surface area contributed by atoms with Gasteiger partial charge in [0.2, 0.25) is 11.8 Å². The zero-order valence-electron chi connectivity index (χ0n) is 34.2. The number of anilines is 1. The van der Waals surface area contributed by atoms with Crippen molar-refractivity contribution in [2.45, 2.75) is 88.8 Å². The van der Waals surface area contributed by atoms with Gasteiger partial charge in [-0.2, -0.15) is 5.10 Å². The van der Waals surface area contributed by atoms with Gasteiger partial charge < -0.3 is 24.3 Å². The Bertz CT molecular complexity index is 2570. The largest absolute Gasteiger partial charge is 0.496 e. The number of hydrogen-bond donors (Lipinski definition) is 3. The zero-order chi connectivity index (χ0) is 41.8. The van der Waals surface area contributed by atoms with Gasteiger partial charge in [-0.3, -0.25) is 38.7 Å². The second kappa shape index (κ2) is 18.1. The number of carbonyl (C=O) groups is 3. The van der Waals surface area contributed by atoms with Crippen molar-refractivity contribution in [2.75, 3.05) is 38.7 Å². The molecule has 3 aromatic heterocycles. The number of nitrogens with zero attached hydrogens (tertiary/aromatic N) is 5. The van der Waals surface area contributed by atoms with Gasteiger partial charge in [-0.1, -0.05) is 37.2 Å². The van der Waals surface area contributed by atoms with E-state index < -0.39 is 11.9 Å². The maximum absolute atomic E-state index is 13.0. The van der Waals surface area contributed by atoms with Crippen molar-refractivity contribution in [1.29, 1.82) is 0 Å². The minimum absolute atomic E-state index is 0.184. The fourth-order valence-electron chi connectivity index (χ4n) is 8.81. The highest BCUT2D eigenvalue weighted by atomic mass is 16.5. The van der Waals surface area contributed by atoms with Crippen LogP contribution in [0.1, 0.15) is 98.6 Å². The summed E-state index contributed by atoms with van der Waals surface area (Å²) in [5, 5.41) is 12.6. The summed E-state index contributed by atoms with van der Waals surface area (Å²) in [6.07, 6.45) is 15.2. The molecule has 9 rings (SSSR count). The third-order valence-corrected chi connectivity index (χ3v) is 12.2. The normalized spacial score (nSPS) is 19.0. The van der Waals surface area contributed by atoms with E-state index in [2.05, 4.69) is 37.6 Å². The number of aromatic nitrogens is 5. The summed E-state index contributed by atoms with van der Waals surface area (Å²) in [5.74, 6) is 6.49.